The Morgan fingerprint density at radius 2 is 2.00 bits per heavy atom. The van der Waals surface area contributed by atoms with Gasteiger partial charge in [0.15, 0.2) is 5.58 Å². The maximum absolute atomic E-state index is 12.2. The van der Waals surface area contributed by atoms with Gasteiger partial charge in [0.25, 0.3) is 0 Å². The first-order valence-electron chi connectivity index (χ1n) is 6.30. The fraction of sp³-hybridized carbons (Fsp3) is 0.143. The van der Waals surface area contributed by atoms with Crippen LogP contribution in [-0.4, -0.2) is 18.6 Å². The molecule has 0 aliphatic rings. The molecule has 3 rings (SSSR count). The van der Waals surface area contributed by atoms with Gasteiger partial charge in [0, 0.05) is 11.6 Å². The monoisotopic (exact) mass is 303 g/mol. The molecule has 0 spiro atoms. The fourth-order valence-corrected chi connectivity index (χ4v) is 3.15. The third kappa shape index (κ3) is 2.87. The minimum absolute atomic E-state index is 0.264. The minimum atomic E-state index is -3.61. The lowest BCUT2D eigenvalue weighted by molar-refractivity contribution is 0.448. The van der Waals surface area contributed by atoms with Crippen LogP contribution in [0.15, 0.2) is 47.1 Å². The SMILES string of the molecule is Cc1cccnc1NS(=O)(=O)Cc1noc2ccccc12. The highest BCUT2D eigenvalue weighted by atomic mass is 32.2. The van der Waals surface area contributed by atoms with E-state index in [2.05, 4.69) is 14.9 Å². The van der Waals surface area contributed by atoms with Crippen LogP contribution in [0.3, 0.4) is 0 Å². The summed E-state index contributed by atoms with van der Waals surface area (Å²) in [5.74, 6) is 0.0605. The van der Waals surface area contributed by atoms with Crippen molar-refractivity contribution in [2.75, 3.05) is 4.72 Å². The molecule has 0 aliphatic heterocycles. The van der Waals surface area contributed by atoms with Gasteiger partial charge in [-0.15, -0.1) is 0 Å². The number of aryl methyl sites for hydroxylation is 1. The van der Waals surface area contributed by atoms with Gasteiger partial charge in [0.1, 0.15) is 17.3 Å². The third-order valence-electron chi connectivity index (χ3n) is 3.04. The molecule has 6 nitrogen and oxygen atoms in total. The summed E-state index contributed by atoms with van der Waals surface area (Å²) in [5, 5.41) is 4.52. The summed E-state index contributed by atoms with van der Waals surface area (Å²) in [4.78, 5) is 4.02. The minimum Gasteiger partial charge on any atom is -0.356 e. The van der Waals surface area contributed by atoms with E-state index in [1.165, 1.54) is 6.20 Å². The van der Waals surface area contributed by atoms with E-state index in [1.807, 2.05) is 6.07 Å². The van der Waals surface area contributed by atoms with Gasteiger partial charge >= 0.3 is 0 Å². The summed E-state index contributed by atoms with van der Waals surface area (Å²) < 4.78 is 32.0. The molecule has 2 aromatic heterocycles. The lowest BCUT2D eigenvalue weighted by Gasteiger charge is -2.07. The number of pyridine rings is 1. The number of hydrogen-bond acceptors (Lipinski definition) is 5. The van der Waals surface area contributed by atoms with Crippen LogP contribution >= 0.6 is 0 Å². The predicted octanol–water partition coefficient (Wildman–Crippen LogP) is 2.47. The largest absolute Gasteiger partial charge is 0.356 e. The number of sulfonamides is 1. The molecule has 21 heavy (non-hydrogen) atoms. The Labute approximate surface area is 121 Å². The lowest BCUT2D eigenvalue weighted by atomic mass is 10.2. The van der Waals surface area contributed by atoms with Crippen LogP contribution in [0.1, 0.15) is 11.3 Å². The first-order chi connectivity index (χ1) is 10.1. The molecular weight excluding hydrogens is 290 g/mol. The van der Waals surface area contributed by atoms with Crippen LogP contribution in [0.5, 0.6) is 0 Å². The van der Waals surface area contributed by atoms with E-state index >= 15 is 0 Å². The molecule has 2 heterocycles. The lowest BCUT2D eigenvalue weighted by Crippen LogP contribution is -2.17. The normalized spacial score (nSPS) is 11.7. The Balaban J connectivity index is 1.88. The molecule has 0 saturated carbocycles. The first-order valence-corrected chi connectivity index (χ1v) is 7.96. The standard InChI is InChI=1S/C14H13N3O3S/c1-10-5-4-8-15-14(10)17-21(18,19)9-12-11-6-2-3-7-13(11)20-16-12/h2-8H,9H2,1H3,(H,15,17). The predicted molar refractivity (Wildman–Crippen MR) is 79.2 cm³/mol. The van der Waals surface area contributed by atoms with E-state index in [0.29, 0.717) is 22.5 Å². The zero-order chi connectivity index (χ0) is 14.9. The van der Waals surface area contributed by atoms with Gasteiger partial charge in [-0.1, -0.05) is 23.4 Å². The van der Waals surface area contributed by atoms with Crippen LogP contribution in [0.2, 0.25) is 0 Å². The summed E-state index contributed by atoms with van der Waals surface area (Å²) in [6.45, 7) is 1.79. The second kappa shape index (κ2) is 5.17. The Hall–Kier alpha value is -2.41. The van der Waals surface area contributed by atoms with Crippen LogP contribution in [-0.2, 0) is 15.8 Å². The number of para-hydroxylation sites is 1. The number of anilines is 1. The average Bonchev–Trinajstić information content (AvgIpc) is 2.84. The van der Waals surface area contributed by atoms with Crippen molar-refractivity contribution in [1.82, 2.24) is 10.1 Å². The summed E-state index contributed by atoms with van der Waals surface area (Å²) >= 11 is 0. The molecule has 1 aromatic carbocycles. The van der Waals surface area contributed by atoms with Crippen LogP contribution in [0.4, 0.5) is 5.82 Å². The van der Waals surface area contributed by atoms with E-state index in [4.69, 9.17) is 4.52 Å². The molecule has 0 amide bonds. The van der Waals surface area contributed by atoms with Crippen molar-refractivity contribution >= 4 is 26.8 Å². The number of rotatable bonds is 4. The highest BCUT2D eigenvalue weighted by molar-refractivity contribution is 7.91. The van der Waals surface area contributed by atoms with Crippen LogP contribution in [0, 0.1) is 6.92 Å². The van der Waals surface area contributed by atoms with Gasteiger partial charge in [0.2, 0.25) is 10.0 Å². The number of aromatic nitrogens is 2. The van der Waals surface area contributed by atoms with Gasteiger partial charge in [0.05, 0.1) is 0 Å². The second-order valence-electron chi connectivity index (χ2n) is 4.66. The van der Waals surface area contributed by atoms with Crippen LogP contribution < -0.4 is 4.72 Å². The van der Waals surface area contributed by atoms with Crippen LogP contribution in [0.25, 0.3) is 11.0 Å². The first kappa shape index (κ1) is 13.6. The number of nitrogens with zero attached hydrogens (tertiary/aromatic N) is 2. The Morgan fingerprint density at radius 3 is 2.81 bits per heavy atom. The molecule has 0 atom stereocenters. The van der Waals surface area contributed by atoms with Gasteiger partial charge in [-0.3, -0.25) is 4.72 Å². The molecular formula is C14H13N3O3S. The van der Waals surface area contributed by atoms with Crippen molar-refractivity contribution < 1.29 is 12.9 Å². The number of benzene rings is 1. The smallest absolute Gasteiger partial charge is 0.239 e. The van der Waals surface area contributed by atoms with E-state index < -0.39 is 10.0 Å². The summed E-state index contributed by atoms with van der Waals surface area (Å²) in [6, 6.07) is 10.7. The second-order valence-corrected chi connectivity index (χ2v) is 6.38. The topological polar surface area (TPSA) is 85.1 Å². The fourth-order valence-electron chi connectivity index (χ4n) is 2.00. The van der Waals surface area contributed by atoms with Crippen molar-refractivity contribution in [3.05, 3.63) is 53.9 Å². The third-order valence-corrected chi connectivity index (χ3v) is 4.20. The summed E-state index contributed by atoms with van der Waals surface area (Å²) in [7, 11) is -3.61. The molecule has 0 fully saturated rings. The van der Waals surface area contributed by atoms with E-state index in [-0.39, 0.29) is 5.75 Å². The zero-order valence-electron chi connectivity index (χ0n) is 11.3. The van der Waals surface area contributed by atoms with Crippen molar-refractivity contribution in [3.8, 4) is 0 Å². The molecule has 0 bridgehead atoms. The van der Waals surface area contributed by atoms with Gasteiger partial charge < -0.3 is 4.52 Å². The maximum atomic E-state index is 12.2. The molecule has 0 unspecified atom stereocenters. The molecule has 3 aromatic rings. The summed E-state index contributed by atoms with van der Waals surface area (Å²) in [6.07, 6.45) is 1.54. The summed E-state index contributed by atoms with van der Waals surface area (Å²) in [5.41, 5.74) is 1.70. The molecule has 0 aliphatic carbocycles. The highest BCUT2D eigenvalue weighted by Gasteiger charge is 2.18. The Bertz CT molecular complexity index is 887. The molecule has 7 heteroatoms. The van der Waals surface area contributed by atoms with Crippen molar-refractivity contribution in [2.24, 2.45) is 0 Å². The van der Waals surface area contributed by atoms with E-state index in [0.717, 1.165) is 5.56 Å². The van der Waals surface area contributed by atoms with E-state index in [9.17, 15) is 8.42 Å². The maximum Gasteiger partial charge on any atom is 0.239 e. The molecule has 0 saturated heterocycles. The molecule has 1 N–H and O–H groups in total. The van der Waals surface area contributed by atoms with Gasteiger partial charge in [-0.25, -0.2) is 13.4 Å². The number of hydrogen-bond donors (Lipinski definition) is 1. The average molecular weight is 303 g/mol. The zero-order valence-corrected chi connectivity index (χ0v) is 12.1. The molecule has 108 valence electrons. The number of nitrogens with one attached hydrogen (secondary N) is 1. The molecule has 0 radical (unpaired) electrons. The Morgan fingerprint density at radius 1 is 1.19 bits per heavy atom. The van der Waals surface area contributed by atoms with E-state index in [1.54, 1.807) is 37.3 Å². The van der Waals surface area contributed by atoms with Gasteiger partial charge in [-0.05, 0) is 30.7 Å². The quantitative estimate of drug-likeness (QED) is 0.800. The van der Waals surface area contributed by atoms with Gasteiger partial charge in [-0.2, -0.15) is 0 Å². The highest BCUT2D eigenvalue weighted by Crippen LogP contribution is 2.21. The van der Waals surface area contributed by atoms with Crippen molar-refractivity contribution in [1.29, 1.82) is 0 Å². The van der Waals surface area contributed by atoms with Crippen molar-refractivity contribution in [2.45, 2.75) is 12.7 Å². The Kier molecular flexibility index (Phi) is 3.34. The number of fused-ring (bicyclic) bond motifs is 1. The van der Waals surface area contributed by atoms with Crippen molar-refractivity contribution in [3.63, 3.8) is 0 Å².